The van der Waals surface area contributed by atoms with E-state index in [0.29, 0.717) is 0 Å². The second-order valence-corrected chi connectivity index (χ2v) is 4.92. The normalized spacial score (nSPS) is 12.1. The number of halogens is 1. The average molecular weight is 281 g/mol. The van der Waals surface area contributed by atoms with E-state index < -0.39 is 0 Å². The summed E-state index contributed by atoms with van der Waals surface area (Å²) in [5.41, 5.74) is 2.87. The number of hydrogen-bond acceptors (Lipinski definition) is 2. The lowest BCUT2D eigenvalue weighted by Crippen LogP contribution is -2.07. The Balaban J connectivity index is 1.80. The van der Waals surface area contributed by atoms with Crippen molar-refractivity contribution in [3.8, 4) is 5.69 Å². The third-order valence-corrected chi connectivity index (χ3v) is 3.35. The van der Waals surface area contributed by atoms with Crippen molar-refractivity contribution in [3.63, 3.8) is 0 Å². The zero-order valence-corrected chi connectivity index (χ0v) is 11.7. The molecule has 1 N–H and O–H groups in total. The molecule has 3 nitrogen and oxygen atoms in total. The SMILES string of the molecule is CC(Nc1cccc(-n2cccn2)c1)c1cccc(F)c1. The van der Waals surface area contributed by atoms with E-state index in [9.17, 15) is 4.39 Å². The Kier molecular flexibility index (Phi) is 3.69. The molecule has 0 saturated carbocycles. The Morgan fingerprint density at radius 1 is 1.10 bits per heavy atom. The van der Waals surface area contributed by atoms with E-state index in [1.165, 1.54) is 6.07 Å². The van der Waals surface area contributed by atoms with Gasteiger partial charge >= 0.3 is 0 Å². The number of nitrogens with zero attached hydrogens (tertiary/aromatic N) is 2. The van der Waals surface area contributed by atoms with Crippen molar-refractivity contribution in [1.29, 1.82) is 0 Å². The highest BCUT2D eigenvalue weighted by Crippen LogP contribution is 2.21. The van der Waals surface area contributed by atoms with Gasteiger partial charge in [-0.05, 0) is 48.9 Å². The number of benzene rings is 2. The van der Waals surface area contributed by atoms with Gasteiger partial charge in [-0.2, -0.15) is 5.10 Å². The van der Waals surface area contributed by atoms with Crippen molar-refractivity contribution in [2.45, 2.75) is 13.0 Å². The predicted molar refractivity (Wildman–Crippen MR) is 82.0 cm³/mol. The lowest BCUT2D eigenvalue weighted by atomic mass is 10.1. The van der Waals surface area contributed by atoms with Gasteiger partial charge < -0.3 is 5.32 Å². The second kappa shape index (κ2) is 5.79. The number of aromatic nitrogens is 2. The lowest BCUT2D eigenvalue weighted by molar-refractivity contribution is 0.623. The summed E-state index contributed by atoms with van der Waals surface area (Å²) in [7, 11) is 0. The van der Waals surface area contributed by atoms with Crippen LogP contribution in [-0.2, 0) is 0 Å². The summed E-state index contributed by atoms with van der Waals surface area (Å²) in [6.07, 6.45) is 3.64. The smallest absolute Gasteiger partial charge is 0.123 e. The largest absolute Gasteiger partial charge is 0.378 e. The second-order valence-electron chi connectivity index (χ2n) is 4.92. The highest BCUT2D eigenvalue weighted by atomic mass is 19.1. The van der Waals surface area contributed by atoms with Crippen molar-refractivity contribution in [2.75, 3.05) is 5.32 Å². The maximum absolute atomic E-state index is 13.3. The summed E-state index contributed by atoms with van der Waals surface area (Å²) in [4.78, 5) is 0. The Bertz CT molecular complexity index is 722. The molecule has 1 atom stereocenters. The van der Waals surface area contributed by atoms with Crippen LogP contribution in [0.15, 0.2) is 67.0 Å². The van der Waals surface area contributed by atoms with E-state index >= 15 is 0 Å². The van der Waals surface area contributed by atoms with Crippen LogP contribution in [0, 0.1) is 5.82 Å². The lowest BCUT2D eigenvalue weighted by Gasteiger charge is -2.16. The molecule has 0 spiro atoms. The molecule has 1 unspecified atom stereocenters. The van der Waals surface area contributed by atoms with E-state index in [0.717, 1.165) is 16.9 Å². The summed E-state index contributed by atoms with van der Waals surface area (Å²) >= 11 is 0. The molecule has 0 aliphatic heterocycles. The molecule has 4 heteroatoms. The highest BCUT2D eigenvalue weighted by Gasteiger charge is 2.07. The number of hydrogen-bond donors (Lipinski definition) is 1. The van der Waals surface area contributed by atoms with Crippen LogP contribution >= 0.6 is 0 Å². The topological polar surface area (TPSA) is 29.9 Å². The molecule has 1 aromatic heterocycles. The van der Waals surface area contributed by atoms with Gasteiger partial charge in [-0.3, -0.25) is 0 Å². The molecule has 0 amide bonds. The van der Waals surface area contributed by atoms with E-state index in [-0.39, 0.29) is 11.9 Å². The summed E-state index contributed by atoms with van der Waals surface area (Å²) < 4.78 is 15.1. The number of nitrogens with one attached hydrogen (secondary N) is 1. The van der Waals surface area contributed by atoms with E-state index in [2.05, 4.69) is 10.4 Å². The van der Waals surface area contributed by atoms with E-state index in [1.807, 2.05) is 49.5 Å². The van der Waals surface area contributed by atoms with Crippen LogP contribution in [0.25, 0.3) is 5.69 Å². The van der Waals surface area contributed by atoms with Gasteiger partial charge in [0.1, 0.15) is 5.82 Å². The van der Waals surface area contributed by atoms with Crippen LogP contribution in [0.4, 0.5) is 10.1 Å². The van der Waals surface area contributed by atoms with Crippen molar-refractivity contribution in [3.05, 3.63) is 78.4 Å². The van der Waals surface area contributed by atoms with Crippen LogP contribution in [0.1, 0.15) is 18.5 Å². The first-order valence-electron chi connectivity index (χ1n) is 6.84. The van der Waals surface area contributed by atoms with Gasteiger partial charge in [0.25, 0.3) is 0 Å². The molecule has 0 radical (unpaired) electrons. The fraction of sp³-hybridized carbons (Fsp3) is 0.118. The van der Waals surface area contributed by atoms with Gasteiger partial charge in [-0.1, -0.05) is 18.2 Å². The molecule has 0 bridgehead atoms. The van der Waals surface area contributed by atoms with Gasteiger partial charge in [0, 0.05) is 24.1 Å². The molecule has 0 aliphatic carbocycles. The quantitative estimate of drug-likeness (QED) is 0.777. The Hall–Kier alpha value is -2.62. The van der Waals surface area contributed by atoms with Crippen molar-refractivity contribution >= 4 is 5.69 Å². The third kappa shape index (κ3) is 3.11. The molecule has 106 valence electrons. The summed E-state index contributed by atoms with van der Waals surface area (Å²) in [6, 6.07) is 16.5. The summed E-state index contributed by atoms with van der Waals surface area (Å²) in [5.74, 6) is -0.216. The third-order valence-electron chi connectivity index (χ3n) is 3.35. The van der Waals surface area contributed by atoms with Gasteiger partial charge in [0.05, 0.1) is 5.69 Å². The zero-order chi connectivity index (χ0) is 14.7. The summed E-state index contributed by atoms with van der Waals surface area (Å²) in [5, 5.41) is 7.60. The molecule has 0 aliphatic rings. The first-order valence-corrected chi connectivity index (χ1v) is 6.84. The minimum atomic E-state index is -0.216. The zero-order valence-electron chi connectivity index (χ0n) is 11.7. The maximum atomic E-state index is 13.3. The summed E-state index contributed by atoms with van der Waals surface area (Å²) in [6.45, 7) is 2.01. The average Bonchev–Trinajstić information content (AvgIpc) is 3.02. The Labute approximate surface area is 123 Å². The van der Waals surface area contributed by atoms with Crippen LogP contribution < -0.4 is 5.32 Å². The van der Waals surface area contributed by atoms with Gasteiger partial charge in [-0.25, -0.2) is 9.07 Å². The molecule has 3 aromatic rings. The fourth-order valence-corrected chi connectivity index (χ4v) is 2.27. The number of rotatable bonds is 4. The van der Waals surface area contributed by atoms with Crippen LogP contribution in [0.5, 0.6) is 0 Å². The molecule has 3 rings (SSSR count). The van der Waals surface area contributed by atoms with E-state index in [1.54, 1.807) is 23.0 Å². The van der Waals surface area contributed by atoms with Crippen molar-refractivity contribution in [1.82, 2.24) is 9.78 Å². The molecular formula is C17H16FN3. The van der Waals surface area contributed by atoms with Crippen molar-refractivity contribution < 1.29 is 4.39 Å². The van der Waals surface area contributed by atoms with Crippen LogP contribution in [0.3, 0.4) is 0 Å². The minimum Gasteiger partial charge on any atom is -0.378 e. The standard InChI is InChI=1S/C17H16FN3/c1-13(14-5-2-6-15(18)11-14)20-16-7-3-8-17(12-16)21-10-4-9-19-21/h2-13,20H,1H3. The molecule has 1 heterocycles. The van der Waals surface area contributed by atoms with Crippen molar-refractivity contribution in [2.24, 2.45) is 0 Å². The molecule has 0 saturated heterocycles. The molecule has 21 heavy (non-hydrogen) atoms. The number of anilines is 1. The molecule has 2 aromatic carbocycles. The Morgan fingerprint density at radius 3 is 2.71 bits per heavy atom. The fourth-order valence-electron chi connectivity index (χ4n) is 2.27. The highest BCUT2D eigenvalue weighted by molar-refractivity contribution is 5.52. The van der Waals surface area contributed by atoms with E-state index in [4.69, 9.17) is 0 Å². The van der Waals surface area contributed by atoms with Crippen LogP contribution in [-0.4, -0.2) is 9.78 Å². The first kappa shape index (κ1) is 13.4. The van der Waals surface area contributed by atoms with Crippen LogP contribution in [0.2, 0.25) is 0 Å². The van der Waals surface area contributed by atoms with Gasteiger partial charge in [-0.15, -0.1) is 0 Å². The molecule has 0 fully saturated rings. The monoisotopic (exact) mass is 281 g/mol. The Morgan fingerprint density at radius 2 is 1.95 bits per heavy atom. The molecular weight excluding hydrogens is 265 g/mol. The first-order chi connectivity index (χ1) is 10.2. The maximum Gasteiger partial charge on any atom is 0.123 e. The van der Waals surface area contributed by atoms with Gasteiger partial charge in [0.15, 0.2) is 0 Å². The minimum absolute atomic E-state index is 0.0218. The van der Waals surface area contributed by atoms with Gasteiger partial charge in [0.2, 0.25) is 0 Å². The predicted octanol–water partition coefficient (Wildman–Crippen LogP) is 4.18.